The number of unbranched alkanes of at least 4 members (excludes halogenated alkanes) is 7. The molecule has 0 saturated carbocycles. The van der Waals surface area contributed by atoms with Crippen LogP contribution in [0.5, 0.6) is 0 Å². The van der Waals surface area contributed by atoms with Crippen LogP contribution in [0.25, 0.3) is 0 Å². The molecule has 15 atom stereocenters. The Bertz CT molecular complexity index is 2140. The molecule has 0 aromatic carbocycles. The highest BCUT2D eigenvalue weighted by Crippen LogP contribution is 2.31. The number of aliphatic hydroxyl groups is 9. The highest BCUT2D eigenvalue weighted by molar-refractivity contribution is 5.81. The molecule has 3 aliphatic rings. The van der Waals surface area contributed by atoms with E-state index in [0.29, 0.717) is 135 Å². The summed E-state index contributed by atoms with van der Waals surface area (Å²) in [6.07, 6.45) is -1.53. The van der Waals surface area contributed by atoms with Gasteiger partial charge in [0, 0.05) is 146 Å². The Hall–Kier alpha value is -3.84. The van der Waals surface area contributed by atoms with Gasteiger partial charge in [0.05, 0.1) is 97.6 Å². The first-order valence-electron chi connectivity index (χ1n) is 37.7. The standard InChI is InChI=1S/C73H128N2O28/c1-50(79)19-17-33-93-41-42-94-37-29-58(84)43-73(47-95-38-27-56(82)22-9-5-7-20-54(80)24-11-14-34-98-70-51(2)64(87)67(90)59(44-76)101-70,48-96-39-28-57(83)23-10-6-8-21-55(81)25-12-15-35-99-71-52(3)65(88)68(91)60(45-77)102-71)49-97-40-30-63(86)75-32-18-31-74-62(85)26-13-16-36-100-72-53(4)66(89)69(92)61(46-78)103-72/h51-53,59-61,64-72,76-78,87-92H,5-49H2,1-4H3,(H,74,85)(H,75,86). The number of carbonyl (C=O) groups excluding carboxylic acids is 8. The van der Waals surface area contributed by atoms with E-state index in [2.05, 4.69) is 10.6 Å². The number of rotatable bonds is 64. The van der Waals surface area contributed by atoms with Crippen molar-refractivity contribution >= 4 is 46.5 Å². The van der Waals surface area contributed by atoms with E-state index in [1.807, 2.05) is 0 Å². The van der Waals surface area contributed by atoms with Crippen molar-refractivity contribution in [1.29, 1.82) is 0 Å². The molecule has 0 aromatic heterocycles. The van der Waals surface area contributed by atoms with Crippen molar-refractivity contribution < 1.29 is 136 Å². The summed E-state index contributed by atoms with van der Waals surface area (Å²) in [5.74, 6) is -2.08. The van der Waals surface area contributed by atoms with Gasteiger partial charge in [0.2, 0.25) is 11.8 Å². The van der Waals surface area contributed by atoms with Gasteiger partial charge in [0.1, 0.15) is 71.3 Å². The lowest BCUT2D eigenvalue weighted by Crippen LogP contribution is -2.55. The van der Waals surface area contributed by atoms with Crippen LogP contribution in [0.4, 0.5) is 0 Å². The average Bonchev–Trinajstić information content (AvgIpc) is 0.836. The molecule has 30 nitrogen and oxygen atoms in total. The maximum absolute atomic E-state index is 13.9. The largest absolute Gasteiger partial charge is 0.394 e. The summed E-state index contributed by atoms with van der Waals surface area (Å²) in [5, 5.41) is 95.1. The molecule has 3 heterocycles. The van der Waals surface area contributed by atoms with Gasteiger partial charge in [-0.1, -0.05) is 33.6 Å². The molecule has 3 fully saturated rings. The van der Waals surface area contributed by atoms with Crippen LogP contribution in [-0.2, 0) is 90.5 Å². The highest BCUT2D eigenvalue weighted by Gasteiger charge is 2.45. The molecule has 11 N–H and O–H groups in total. The molecule has 0 bridgehead atoms. The Labute approximate surface area is 608 Å². The first-order valence-corrected chi connectivity index (χ1v) is 37.7. The highest BCUT2D eigenvalue weighted by atomic mass is 16.7. The maximum Gasteiger partial charge on any atom is 0.222 e. The summed E-state index contributed by atoms with van der Waals surface area (Å²) < 4.78 is 63.7. The maximum atomic E-state index is 13.9. The molecule has 30 heteroatoms. The number of hydrogen-bond donors (Lipinski definition) is 11. The normalized spacial score (nSPS) is 25.6. The molecule has 15 unspecified atom stereocenters. The summed E-state index contributed by atoms with van der Waals surface area (Å²) in [6.45, 7) is 7.22. The molecule has 0 spiro atoms. The van der Waals surface area contributed by atoms with Crippen LogP contribution < -0.4 is 10.6 Å². The predicted octanol–water partition coefficient (Wildman–Crippen LogP) is 2.53. The van der Waals surface area contributed by atoms with Gasteiger partial charge >= 0.3 is 0 Å². The second kappa shape index (κ2) is 55.5. The van der Waals surface area contributed by atoms with E-state index < -0.39 is 117 Å². The van der Waals surface area contributed by atoms with Gasteiger partial charge < -0.3 is 113 Å². The zero-order chi connectivity index (χ0) is 75.8. The lowest BCUT2D eigenvalue weighted by Gasteiger charge is -2.40. The minimum absolute atomic E-state index is 0.0179. The van der Waals surface area contributed by atoms with Gasteiger partial charge in [-0.15, -0.1) is 0 Å². The fourth-order valence-corrected chi connectivity index (χ4v) is 12.0. The number of amides is 2. The number of aliphatic hydroxyl groups excluding tert-OH is 9. The summed E-state index contributed by atoms with van der Waals surface area (Å²) in [6, 6.07) is 0. The minimum atomic E-state index is -1.23. The lowest BCUT2D eigenvalue weighted by atomic mass is 9.84. The van der Waals surface area contributed by atoms with E-state index in [1.165, 1.54) is 6.92 Å². The van der Waals surface area contributed by atoms with Gasteiger partial charge in [0.25, 0.3) is 0 Å². The van der Waals surface area contributed by atoms with E-state index in [1.54, 1.807) is 20.8 Å². The molecular weight excluding hydrogens is 1350 g/mol. The van der Waals surface area contributed by atoms with E-state index in [0.717, 1.165) is 0 Å². The van der Waals surface area contributed by atoms with Gasteiger partial charge in [-0.25, -0.2) is 0 Å². The summed E-state index contributed by atoms with van der Waals surface area (Å²) in [7, 11) is 0. The Balaban J connectivity index is 1.51. The molecule has 0 radical (unpaired) electrons. The minimum Gasteiger partial charge on any atom is -0.394 e. The van der Waals surface area contributed by atoms with Crippen molar-refractivity contribution in [3.63, 3.8) is 0 Å². The quantitative estimate of drug-likeness (QED) is 0.0390. The third-order valence-electron chi connectivity index (χ3n) is 18.8. The van der Waals surface area contributed by atoms with E-state index >= 15 is 0 Å². The van der Waals surface area contributed by atoms with Crippen molar-refractivity contribution in [2.24, 2.45) is 23.2 Å². The van der Waals surface area contributed by atoms with E-state index in [9.17, 15) is 84.3 Å². The lowest BCUT2D eigenvalue weighted by molar-refractivity contribution is -0.282. The summed E-state index contributed by atoms with van der Waals surface area (Å²) >= 11 is 0. The third kappa shape index (κ3) is 39.7. The van der Waals surface area contributed by atoms with Crippen molar-refractivity contribution in [3.8, 4) is 0 Å². The van der Waals surface area contributed by atoms with Crippen LogP contribution in [0.15, 0.2) is 0 Å². The fraction of sp³-hybridized carbons (Fsp3) is 0.890. The van der Waals surface area contributed by atoms with Gasteiger partial charge in [-0.05, 0) is 84.0 Å². The number of ketones is 6. The number of ether oxygens (including phenoxy) is 11. The molecule has 3 aliphatic heterocycles. The van der Waals surface area contributed by atoms with Crippen LogP contribution in [-0.4, -0.2) is 285 Å². The van der Waals surface area contributed by atoms with Gasteiger partial charge in [0.15, 0.2) is 18.9 Å². The Morgan fingerprint density at radius 1 is 0.330 bits per heavy atom. The average molecular weight is 1480 g/mol. The molecule has 0 aliphatic carbocycles. The smallest absolute Gasteiger partial charge is 0.222 e. The molecule has 3 rings (SSSR count). The Morgan fingerprint density at radius 2 is 0.650 bits per heavy atom. The van der Waals surface area contributed by atoms with Gasteiger partial charge in [-0.2, -0.15) is 0 Å². The Kier molecular flexibility index (Phi) is 50.4. The number of Topliss-reactive ketones (excluding diaryl/α,β-unsaturated/α-hetero) is 6. The number of carbonyl (C=O) groups is 8. The van der Waals surface area contributed by atoms with Crippen LogP contribution >= 0.6 is 0 Å². The van der Waals surface area contributed by atoms with Gasteiger partial charge in [-0.3, -0.25) is 33.6 Å². The van der Waals surface area contributed by atoms with Crippen LogP contribution in [0.2, 0.25) is 0 Å². The number of nitrogens with one attached hydrogen (secondary N) is 2. The number of hydrogen-bond acceptors (Lipinski definition) is 28. The van der Waals surface area contributed by atoms with Crippen molar-refractivity contribution in [2.75, 3.05) is 119 Å². The predicted molar refractivity (Wildman–Crippen MR) is 372 cm³/mol. The molecule has 103 heavy (non-hydrogen) atoms. The van der Waals surface area contributed by atoms with Crippen molar-refractivity contribution in [3.05, 3.63) is 0 Å². The topological polar surface area (TPSA) is 444 Å². The molecular formula is C73H128N2O28. The Morgan fingerprint density at radius 3 is 1.03 bits per heavy atom. The molecule has 3 saturated heterocycles. The molecule has 2 amide bonds. The SMILES string of the molecule is CC(=O)CCCOCCOCCC(=O)CC(COCCC(=O)CCCCCC(=O)CCCCOC1OC(CO)C(O)C(O)C1C)(COCCC(=O)CCCCCC(=O)CCCCOC1OC(CO)C(O)C(O)C1C)COCCC(=O)NCCCNC(=O)CCCCOC1OC(CO)C(O)C(O)C1C. The second-order valence-electron chi connectivity index (χ2n) is 27.9. The first kappa shape index (κ1) is 93.4. The monoisotopic (exact) mass is 1480 g/mol. The van der Waals surface area contributed by atoms with E-state index in [4.69, 9.17) is 52.1 Å². The molecule has 0 aromatic rings. The van der Waals surface area contributed by atoms with Crippen LogP contribution in [0, 0.1) is 23.2 Å². The third-order valence-corrected chi connectivity index (χ3v) is 18.8. The van der Waals surface area contributed by atoms with Crippen molar-refractivity contribution in [2.45, 2.75) is 275 Å². The zero-order valence-electron chi connectivity index (χ0n) is 61.8. The van der Waals surface area contributed by atoms with Crippen LogP contribution in [0.1, 0.15) is 201 Å². The summed E-state index contributed by atoms with van der Waals surface area (Å²) in [4.78, 5) is 102. The second-order valence-corrected chi connectivity index (χ2v) is 27.9. The summed E-state index contributed by atoms with van der Waals surface area (Å²) in [5.41, 5.74) is -1.13. The molecule has 598 valence electrons. The zero-order valence-corrected chi connectivity index (χ0v) is 61.8. The van der Waals surface area contributed by atoms with Crippen molar-refractivity contribution in [1.82, 2.24) is 10.6 Å². The first-order chi connectivity index (χ1) is 49.5. The van der Waals surface area contributed by atoms with Crippen LogP contribution in [0.3, 0.4) is 0 Å². The fourth-order valence-electron chi connectivity index (χ4n) is 12.0. The van der Waals surface area contributed by atoms with E-state index in [-0.39, 0.29) is 184 Å².